The molecule has 86 valence electrons. The molecule has 2 N–H and O–H groups in total. The molecule has 0 aromatic heterocycles. The van der Waals surface area contributed by atoms with Crippen molar-refractivity contribution in [3.05, 3.63) is 0 Å². The van der Waals surface area contributed by atoms with Crippen LogP contribution in [0.25, 0.3) is 0 Å². The van der Waals surface area contributed by atoms with Crippen LogP contribution in [0, 0.1) is 0 Å². The molecular formula is C7H17Cl2N2O2P. The van der Waals surface area contributed by atoms with Crippen LogP contribution in [-0.4, -0.2) is 47.6 Å². The van der Waals surface area contributed by atoms with Crippen molar-refractivity contribution in [2.75, 3.05) is 38.0 Å². The molecule has 1 rings (SSSR count). The second-order valence-electron chi connectivity index (χ2n) is 3.10. The van der Waals surface area contributed by atoms with Gasteiger partial charge < -0.3 is 0 Å². The van der Waals surface area contributed by atoms with Gasteiger partial charge in [-0.05, 0) is 0 Å². The van der Waals surface area contributed by atoms with E-state index in [0.29, 0.717) is 31.5 Å². The first-order valence-corrected chi connectivity index (χ1v) is 7.58. The van der Waals surface area contributed by atoms with Crippen molar-refractivity contribution in [1.82, 2.24) is 9.76 Å². The quantitative estimate of drug-likeness (QED) is 0.577. The zero-order valence-electron chi connectivity index (χ0n) is 8.01. The predicted octanol–water partition coefficient (Wildman–Crippen LogP) is 1.18. The van der Waals surface area contributed by atoms with Crippen molar-refractivity contribution >= 4 is 31.2 Å². The molecule has 0 amide bonds. The Labute approximate surface area is 95.1 Å². The first kappa shape index (κ1) is 12.9. The molecule has 0 unspecified atom stereocenters. The number of alkyl halides is 2. The average Bonchev–Trinajstić information content (AvgIpc) is 2.19. The van der Waals surface area contributed by atoms with Crippen molar-refractivity contribution in [1.29, 1.82) is 0 Å². The molecule has 0 aromatic rings. The Morgan fingerprint density at radius 1 is 1.36 bits per heavy atom. The third-order valence-corrected chi connectivity index (χ3v) is 5.08. The zero-order chi connectivity index (χ0) is 10.4. The molecular weight excluding hydrogens is 246 g/mol. The molecule has 4 nitrogen and oxygen atoms in total. The summed E-state index contributed by atoms with van der Waals surface area (Å²) in [4.78, 5) is 10.2. The van der Waals surface area contributed by atoms with Gasteiger partial charge in [-0.3, -0.25) is 0 Å². The molecule has 1 heterocycles. The van der Waals surface area contributed by atoms with Crippen molar-refractivity contribution < 1.29 is 9.42 Å². The fourth-order valence-corrected chi connectivity index (χ4v) is 4.37. The summed E-state index contributed by atoms with van der Waals surface area (Å²) in [6.07, 6.45) is 0.935. The minimum atomic E-state index is -2.89. The maximum atomic E-state index is 10.2. The van der Waals surface area contributed by atoms with Gasteiger partial charge >= 0.3 is 94.8 Å². The fraction of sp³-hybridized carbons (Fsp3) is 1.00. The second kappa shape index (κ2) is 6.44. The maximum absolute atomic E-state index is 10.2. The van der Waals surface area contributed by atoms with Gasteiger partial charge in [0, 0.05) is 0 Å². The van der Waals surface area contributed by atoms with Crippen molar-refractivity contribution in [2.24, 2.45) is 0 Å². The molecule has 1 aliphatic rings. The van der Waals surface area contributed by atoms with Crippen LogP contribution < -0.4 is 5.09 Å². The molecule has 1 saturated heterocycles. The van der Waals surface area contributed by atoms with Gasteiger partial charge in [-0.1, -0.05) is 0 Å². The second-order valence-corrected chi connectivity index (χ2v) is 6.35. The van der Waals surface area contributed by atoms with Crippen molar-refractivity contribution in [3.8, 4) is 0 Å². The average molecular weight is 263 g/mol. The summed E-state index contributed by atoms with van der Waals surface area (Å²) in [6.45, 7) is 2.61. The van der Waals surface area contributed by atoms with E-state index in [2.05, 4.69) is 5.09 Å². The number of nitrogens with zero attached hydrogens (tertiary/aromatic N) is 1. The summed E-state index contributed by atoms with van der Waals surface area (Å²) in [5, 5.41) is 3.05. The van der Waals surface area contributed by atoms with Gasteiger partial charge in [0.05, 0.1) is 0 Å². The Balaban J connectivity index is 2.53. The predicted molar refractivity (Wildman–Crippen MR) is 62.1 cm³/mol. The van der Waals surface area contributed by atoms with Gasteiger partial charge in [0.1, 0.15) is 0 Å². The van der Waals surface area contributed by atoms with Crippen molar-refractivity contribution in [2.45, 2.75) is 6.42 Å². The van der Waals surface area contributed by atoms with E-state index in [-0.39, 0.29) is 0 Å². The van der Waals surface area contributed by atoms with E-state index in [4.69, 9.17) is 27.7 Å². The third kappa shape index (κ3) is 3.46. The van der Waals surface area contributed by atoms with E-state index in [9.17, 15) is 4.89 Å². The standard InChI is InChI=1S/C7H17Cl2N2O2P/c8-2-5-11(6-3-9)14(12)10-4-1-7-13-14/h10,12,14H,1-7H2. The topological polar surface area (TPSA) is 44.7 Å². The number of rotatable bonds is 5. The summed E-state index contributed by atoms with van der Waals surface area (Å²) >= 11 is 11.3. The molecule has 14 heavy (non-hydrogen) atoms. The monoisotopic (exact) mass is 262 g/mol. The molecule has 1 aliphatic heterocycles. The van der Waals surface area contributed by atoms with E-state index < -0.39 is 8.02 Å². The van der Waals surface area contributed by atoms with Gasteiger partial charge in [-0.15, -0.1) is 0 Å². The number of hydrogen-bond donors (Lipinski definition) is 2. The molecule has 0 saturated carbocycles. The third-order valence-electron chi connectivity index (χ3n) is 2.12. The Bertz CT molecular complexity index is 164. The molecule has 0 aliphatic carbocycles. The van der Waals surface area contributed by atoms with E-state index in [1.165, 1.54) is 0 Å². The number of nitrogens with one attached hydrogen (secondary N) is 1. The van der Waals surface area contributed by atoms with E-state index in [0.717, 1.165) is 13.0 Å². The molecule has 0 aromatic carbocycles. The van der Waals surface area contributed by atoms with Gasteiger partial charge in [0.25, 0.3) is 0 Å². The summed E-state index contributed by atoms with van der Waals surface area (Å²) < 4.78 is 7.26. The van der Waals surface area contributed by atoms with E-state index in [1.807, 2.05) is 4.67 Å². The SMILES string of the molecule is O[PH]1(N(CCCl)CCCl)NCCCO1. The van der Waals surface area contributed by atoms with Crippen LogP contribution >= 0.6 is 31.2 Å². The van der Waals surface area contributed by atoms with Crippen LogP contribution in [0.2, 0.25) is 0 Å². The van der Waals surface area contributed by atoms with Gasteiger partial charge in [-0.2, -0.15) is 0 Å². The van der Waals surface area contributed by atoms with Gasteiger partial charge in [0.2, 0.25) is 0 Å². The van der Waals surface area contributed by atoms with Crippen LogP contribution in [0.3, 0.4) is 0 Å². The van der Waals surface area contributed by atoms with Crippen LogP contribution in [0.4, 0.5) is 0 Å². The Hall–Kier alpha value is 0.850. The summed E-state index contributed by atoms with van der Waals surface area (Å²) in [5.74, 6) is 0.939. The van der Waals surface area contributed by atoms with E-state index in [1.54, 1.807) is 0 Å². The fourth-order valence-electron chi connectivity index (χ4n) is 1.41. The van der Waals surface area contributed by atoms with E-state index >= 15 is 0 Å². The first-order valence-electron chi connectivity index (χ1n) is 4.71. The van der Waals surface area contributed by atoms with Gasteiger partial charge in [0.15, 0.2) is 0 Å². The normalized spacial score (nSPS) is 23.7. The van der Waals surface area contributed by atoms with Crippen molar-refractivity contribution in [3.63, 3.8) is 0 Å². The Morgan fingerprint density at radius 2 is 2.00 bits per heavy atom. The molecule has 0 atom stereocenters. The first-order chi connectivity index (χ1) is 6.73. The molecule has 1 fully saturated rings. The van der Waals surface area contributed by atoms with Crippen LogP contribution in [0.1, 0.15) is 6.42 Å². The summed E-state index contributed by atoms with van der Waals surface area (Å²) in [7, 11) is -2.89. The zero-order valence-corrected chi connectivity index (χ0v) is 10.5. The Morgan fingerprint density at radius 3 is 2.43 bits per heavy atom. The minimum absolute atomic E-state index is 0.469. The summed E-state index contributed by atoms with van der Waals surface area (Å²) in [6, 6.07) is 0. The van der Waals surface area contributed by atoms with Crippen LogP contribution in [0.15, 0.2) is 0 Å². The van der Waals surface area contributed by atoms with Crippen LogP contribution in [-0.2, 0) is 4.52 Å². The Kier molecular flexibility index (Phi) is 5.94. The molecule has 7 heteroatoms. The number of halogens is 2. The molecule has 0 spiro atoms. The van der Waals surface area contributed by atoms with Crippen LogP contribution in [0.5, 0.6) is 0 Å². The molecule has 0 bridgehead atoms. The number of hydrogen-bond acceptors (Lipinski definition) is 4. The van der Waals surface area contributed by atoms with Gasteiger partial charge in [-0.25, -0.2) is 0 Å². The molecule has 0 radical (unpaired) electrons. The summed E-state index contributed by atoms with van der Waals surface area (Å²) in [5.41, 5.74) is 0.